The zero-order valence-electron chi connectivity index (χ0n) is 10.0. The SMILES string of the molecule is Nc1nc(I)nc2c1ncn2[C@@H]1O[C@H](CO)C(F)[C@H]1O. The van der Waals surface area contributed by atoms with Gasteiger partial charge in [-0.25, -0.2) is 19.3 Å². The summed E-state index contributed by atoms with van der Waals surface area (Å²) in [5, 5.41) is 18.9. The van der Waals surface area contributed by atoms with Gasteiger partial charge in [0, 0.05) is 22.6 Å². The van der Waals surface area contributed by atoms with Crippen molar-refractivity contribution in [2.45, 2.75) is 24.6 Å². The van der Waals surface area contributed by atoms with Crippen LogP contribution in [-0.4, -0.2) is 54.7 Å². The van der Waals surface area contributed by atoms with Crippen molar-refractivity contribution in [2.24, 2.45) is 0 Å². The van der Waals surface area contributed by atoms with E-state index in [1.165, 1.54) is 10.9 Å². The Morgan fingerprint density at radius 1 is 1.50 bits per heavy atom. The molecule has 8 nitrogen and oxygen atoms in total. The van der Waals surface area contributed by atoms with E-state index in [4.69, 9.17) is 15.6 Å². The normalized spacial score (nSPS) is 30.2. The number of imidazole rings is 1. The Hall–Kier alpha value is -1.11. The van der Waals surface area contributed by atoms with E-state index in [0.29, 0.717) is 15.0 Å². The van der Waals surface area contributed by atoms with Crippen molar-refractivity contribution in [2.75, 3.05) is 12.3 Å². The number of hydrogen-bond donors (Lipinski definition) is 3. The Morgan fingerprint density at radius 3 is 2.90 bits per heavy atom. The predicted molar refractivity (Wildman–Crippen MR) is 74.4 cm³/mol. The van der Waals surface area contributed by atoms with Gasteiger partial charge in [-0.15, -0.1) is 0 Å². The molecule has 0 bridgehead atoms. The fraction of sp³-hybridized carbons (Fsp3) is 0.500. The van der Waals surface area contributed by atoms with Gasteiger partial charge in [0.25, 0.3) is 0 Å². The standard InChI is InChI=1S/C10H11FIN5O3/c11-4-3(1-18)20-9(6(4)19)17-2-14-5-7(13)15-10(12)16-8(5)17/h2-4,6,9,18-19H,1H2,(H2,13,15,16)/t3-,4?,6-,9-/m1/s1. The number of halogens is 2. The Morgan fingerprint density at radius 2 is 2.25 bits per heavy atom. The lowest BCUT2D eigenvalue weighted by Gasteiger charge is -2.16. The average molecular weight is 395 g/mol. The van der Waals surface area contributed by atoms with E-state index in [0.717, 1.165) is 0 Å². The van der Waals surface area contributed by atoms with Gasteiger partial charge in [0.1, 0.15) is 17.7 Å². The fourth-order valence-corrected chi connectivity index (χ4v) is 2.67. The van der Waals surface area contributed by atoms with Crippen LogP contribution in [0.2, 0.25) is 0 Å². The molecule has 1 unspecified atom stereocenters. The zero-order chi connectivity index (χ0) is 14.4. The van der Waals surface area contributed by atoms with Crippen molar-refractivity contribution >= 4 is 39.6 Å². The number of aromatic nitrogens is 4. The van der Waals surface area contributed by atoms with E-state index < -0.39 is 31.2 Å². The number of nitrogen functional groups attached to an aromatic ring is 1. The second-order valence-corrected chi connectivity index (χ2v) is 5.35. The van der Waals surface area contributed by atoms with Gasteiger partial charge in [0.05, 0.1) is 12.9 Å². The number of nitrogens with zero attached hydrogens (tertiary/aromatic N) is 4. The van der Waals surface area contributed by atoms with E-state index in [1.807, 2.05) is 22.6 Å². The molecule has 0 spiro atoms. The van der Waals surface area contributed by atoms with Crippen molar-refractivity contribution < 1.29 is 19.3 Å². The van der Waals surface area contributed by atoms with Gasteiger partial charge < -0.3 is 20.7 Å². The van der Waals surface area contributed by atoms with Crippen LogP contribution in [0.25, 0.3) is 11.2 Å². The second-order valence-electron chi connectivity index (χ2n) is 4.38. The molecular weight excluding hydrogens is 384 g/mol. The quantitative estimate of drug-likeness (QED) is 0.468. The summed E-state index contributed by atoms with van der Waals surface area (Å²) in [6.07, 6.45) is -3.84. The number of hydrogen-bond acceptors (Lipinski definition) is 7. The van der Waals surface area contributed by atoms with Crippen molar-refractivity contribution in [1.82, 2.24) is 19.5 Å². The van der Waals surface area contributed by atoms with Crippen LogP contribution < -0.4 is 5.73 Å². The summed E-state index contributed by atoms with van der Waals surface area (Å²) in [4.78, 5) is 12.2. The molecule has 3 heterocycles. The van der Waals surface area contributed by atoms with Crippen LogP contribution in [0.4, 0.5) is 10.2 Å². The molecular formula is C10H11FIN5O3. The van der Waals surface area contributed by atoms with Crippen molar-refractivity contribution in [3.63, 3.8) is 0 Å². The maximum Gasteiger partial charge on any atom is 0.194 e. The molecule has 0 saturated carbocycles. The number of fused-ring (bicyclic) bond motifs is 1. The molecule has 3 rings (SSSR count). The van der Waals surface area contributed by atoms with Gasteiger partial charge >= 0.3 is 0 Å². The van der Waals surface area contributed by atoms with E-state index in [9.17, 15) is 9.50 Å². The van der Waals surface area contributed by atoms with Gasteiger partial charge in [0.2, 0.25) is 0 Å². The molecule has 10 heteroatoms. The first kappa shape index (κ1) is 13.9. The van der Waals surface area contributed by atoms with Crippen molar-refractivity contribution in [1.29, 1.82) is 0 Å². The van der Waals surface area contributed by atoms with E-state index in [1.54, 1.807) is 0 Å². The number of ether oxygens (including phenoxy) is 1. The van der Waals surface area contributed by atoms with Crippen LogP contribution in [-0.2, 0) is 4.74 Å². The highest BCUT2D eigenvalue weighted by Crippen LogP contribution is 2.33. The molecule has 1 aliphatic rings. The molecule has 20 heavy (non-hydrogen) atoms. The maximum absolute atomic E-state index is 13.8. The first-order chi connectivity index (χ1) is 9.52. The minimum Gasteiger partial charge on any atom is -0.394 e. The van der Waals surface area contributed by atoms with Crippen molar-refractivity contribution in [3.05, 3.63) is 10.2 Å². The Bertz CT molecular complexity index is 653. The Kier molecular flexibility index (Phi) is 3.48. The molecule has 0 amide bonds. The van der Waals surface area contributed by atoms with Crippen LogP contribution in [0.1, 0.15) is 6.23 Å². The first-order valence-corrected chi connectivity index (χ1v) is 6.84. The molecule has 2 aromatic heterocycles. The number of anilines is 1. The maximum atomic E-state index is 13.8. The van der Waals surface area contributed by atoms with Crippen LogP contribution >= 0.6 is 22.6 Å². The minimum absolute atomic E-state index is 0.196. The second kappa shape index (κ2) is 5.02. The van der Waals surface area contributed by atoms with Gasteiger partial charge in [-0.2, -0.15) is 0 Å². The highest BCUT2D eigenvalue weighted by atomic mass is 127. The number of aliphatic hydroxyl groups is 2. The lowest BCUT2D eigenvalue weighted by molar-refractivity contribution is -0.0495. The summed E-state index contributed by atoms with van der Waals surface area (Å²) >= 11 is 1.89. The third-order valence-electron chi connectivity index (χ3n) is 3.16. The first-order valence-electron chi connectivity index (χ1n) is 5.77. The molecule has 0 aliphatic carbocycles. The zero-order valence-corrected chi connectivity index (χ0v) is 12.2. The smallest absolute Gasteiger partial charge is 0.194 e. The molecule has 0 radical (unpaired) electrons. The molecule has 1 aliphatic heterocycles. The van der Waals surface area contributed by atoms with Crippen molar-refractivity contribution in [3.8, 4) is 0 Å². The lowest BCUT2D eigenvalue weighted by atomic mass is 10.1. The van der Waals surface area contributed by atoms with Gasteiger partial charge in [-0.05, 0) is 0 Å². The van der Waals surface area contributed by atoms with Crippen LogP contribution in [0.3, 0.4) is 0 Å². The third kappa shape index (κ3) is 2.03. The largest absolute Gasteiger partial charge is 0.394 e. The van der Waals surface area contributed by atoms with E-state index >= 15 is 0 Å². The van der Waals surface area contributed by atoms with Crippen LogP contribution in [0.5, 0.6) is 0 Å². The summed E-state index contributed by atoms with van der Waals surface area (Å²) in [6, 6.07) is 0. The number of rotatable bonds is 2. The molecule has 108 valence electrons. The van der Waals surface area contributed by atoms with E-state index in [2.05, 4.69) is 15.0 Å². The molecule has 4 atom stereocenters. The monoisotopic (exact) mass is 395 g/mol. The predicted octanol–water partition coefficient (Wildman–Crippen LogP) is -0.398. The number of alkyl halides is 1. The molecule has 0 aromatic carbocycles. The molecule has 1 saturated heterocycles. The molecule has 4 N–H and O–H groups in total. The highest BCUT2D eigenvalue weighted by molar-refractivity contribution is 14.1. The topological polar surface area (TPSA) is 119 Å². The summed E-state index contributed by atoms with van der Waals surface area (Å²) < 4.78 is 20.9. The lowest BCUT2D eigenvalue weighted by Crippen LogP contribution is -2.29. The summed E-state index contributed by atoms with van der Waals surface area (Å²) in [5.41, 5.74) is 6.43. The third-order valence-corrected chi connectivity index (χ3v) is 3.65. The van der Waals surface area contributed by atoms with Gasteiger partial charge in [-0.1, -0.05) is 0 Å². The Balaban J connectivity index is 2.07. The number of nitrogens with two attached hydrogens (primary N) is 1. The average Bonchev–Trinajstić information content (AvgIpc) is 2.93. The Labute approximate surface area is 125 Å². The summed E-state index contributed by atoms with van der Waals surface area (Å²) in [6.45, 7) is -0.518. The highest BCUT2D eigenvalue weighted by Gasteiger charge is 2.45. The fourth-order valence-electron chi connectivity index (χ4n) is 2.18. The van der Waals surface area contributed by atoms with Gasteiger partial charge in [-0.3, -0.25) is 4.57 Å². The van der Waals surface area contributed by atoms with Crippen LogP contribution in [0.15, 0.2) is 6.33 Å². The molecule has 1 fully saturated rings. The van der Waals surface area contributed by atoms with Crippen LogP contribution in [0, 0.1) is 3.83 Å². The van der Waals surface area contributed by atoms with Gasteiger partial charge in [0.15, 0.2) is 27.7 Å². The molecule has 2 aromatic rings. The number of aliphatic hydroxyl groups excluding tert-OH is 2. The summed E-state index contributed by atoms with van der Waals surface area (Å²) in [7, 11) is 0. The minimum atomic E-state index is -1.68. The summed E-state index contributed by atoms with van der Waals surface area (Å²) in [5.74, 6) is 0.196. The van der Waals surface area contributed by atoms with E-state index in [-0.39, 0.29) is 5.82 Å².